The number of urea groups is 1. The van der Waals surface area contributed by atoms with E-state index in [4.69, 9.17) is 20.1 Å². The summed E-state index contributed by atoms with van der Waals surface area (Å²) in [5, 5.41) is 29.1. The van der Waals surface area contributed by atoms with Crippen LogP contribution in [0.4, 0.5) is 4.79 Å². The van der Waals surface area contributed by atoms with Gasteiger partial charge in [-0.25, -0.2) is 9.59 Å². The smallest absolute Gasteiger partial charge is 0.332 e. The maximum Gasteiger partial charge on any atom is 0.332 e. The summed E-state index contributed by atoms with van der Waals surface area (Å²) in [6, 6.07) is -0.473. The Kier molecular flexibility index (Phi) is 6.00. The fourth-order valence-corrected chi connectivity index (χ4v) is 1.75. The SMILES string of the molecule is CC1COC(CO)CN1C(=O)NCC[C@H](O)C(=O)O. The standard InChI is InChI=1S/C11H20N2O6/c1-7-6-19-8(5-14)4-13(7)11(18)12-3-2-9(15)10(16)17/h7-9,14-15H,2-6H2,1H3,(H,12,18)(H,16,17)/t7?,8?,9-/m0/s1. The summed E-state index contributed by atoms with van der Waals surface area (Å²) >= 11 is 0. The zero-order chi connectivity index (χ0) is 14.4. The first-order valence-corrected chi connectivity index (χ1v) is 6.13. The van der Waals surface area contributed by atoms with E-state index in [9.17, 15) is 9.59 Å². The van der Waals surface area contributed by atoms with Gasteiger partial charge in [0, 0.05) is 13.0 Å². The van der Waals surface area contributed by atoms with Crippen LogP contribution in [0.1, 0.15) is 13.3 Å². The van der Waals surface area contributed by atoms with Gasteiger partial charge in [-0.15, -0.1) is 0 Å². The van der Waals surface area contributed by atoms with E-state index >= 15 is 0 Å². The molecule has 0 bridgehead atoms. The number of amides is 2. The number of morpholine rings is 1. The van der Waals surface area contributed by atoms with Crippen LogP contribution in [0.2, 0.25) is 0 Å². The van der Waals surface area contributed by atoms with Crippen molar-refractivity contribution in [2.75, 3.05) is 26.3 Å². The maximum atomic E-state index is 11.9. The molecule has 0 aliphatic carbocycles. The van der Waals surface area contributed by atoms with E-state index < -0.39 is 18.2 Å². The summed E-state index contributed by atoms with van der Waals surface area (Å²) in [7, 11) is 0. The molecular weight excluding hydrogens is 256 g/mol. The highest BCUT2D eigenvalue weighted by molar-refractivity contribution is 5.75. The summed E-state index contributed by atoms with van der Waals surface area (Å²) in [5.74, 6) is -1.31. The van der Waals surface area contributed by atoms with Crippen LogP contribution < -0.4 is 5.32 Å². The third-order valence-corrected chi connectivity index (χ3v) is 2.95. The Morgan fingerprint density at radius 3 is 2.79 bits per heavy atom. The van der Waals surface area contributed by atoms with Crippen molar-refractivity contribution >= 4 is 12.0 Å². The van der Waals surface area contributed by atoms with Crippen LogP contribution in [0.15, 0.2) is 0 Å². The average Bonchev–Trinajstić information content (AvgIpc) is 2.38. The molecule has 1 heterocycles. The molecule has 19 heavy (non-hydrogen) atoms. The highest BCUT2D eigenvalue weighted by Crippen LogP contribution is 2.11. The van der Waals surface area contributed by atoms with Gasteiger partial charge in [0.15, 0.2) is 6.10 Å². The zero-order valence-electron chi connectivity index (χ0n) is 10.8. The van der Waals surface area contributed by atoms with E-state index in [1.807, 2.05) is 6.92 Å². The van der Waals surface area contributed by atoms with Crippen LogP contribution in [0.25, 0.3) is 0 Å². The van der Waals surface area contributed by atoms with Crippen molar-refractivity contribution in [3.8, 4) is 0 Å². The number of hydrogen-bond donors (Lipinski definition) is 4. The quantitative estimate of drug-likeness (QED) is 0.491. The molecule has 2 amide bonds. The van der Waals surface area contributed by atoms with Crippen molar-refractivity contribution < 1.29 is 29.6 Å². The zero-order valence-corrected chi connectivity index (χ0v) is 10.8. The number of nitrogens with zero attached hydrogens (tertiary/aromatic N) is 1. The number of carboxylic acids is 1. The van der Waals surface area contributed by atoms with Crippen molar-refractivity contribution in [2.24, 2.45) is 0 Å². The van der Waals surface area contributed by atoms with E-state index in [2.05, 4.69) is 5.32 Å². The van der Waals surface area contributed by atoms with Gasteiger partial charge in [-0.1, -0.05) is 0 Å². The number of rotatable bonds is 5. The summed E-state index contributed by atoms with van der Waals surface area (Å²) in [6.07, 6.45) is -1.93. The highest BCUT2D eigenvalue weighted by atomic mass is 16.5. The van der Waals surface area contributed by atoms with Gasteiger partial charge in [-0.2, -0.15) is 0 Å². The molecule has 0 aromatic rings. The number of hydrogen-bond acceptors (Lipinski definition) is 5. The first-order chi connectivity index (χ1) is 8.95. The highest BCUT2D eigenvalue weighted by Gasteiger charge is 2.29. The van der Waals surface area contributed by atoms with Gasteiger partial charge < -0.3 is 30.3 Å². The monoisotopic (exact) mass is 276 g/mol. The van der Waals surface area contributed by atoms with Gasteiger partial charge in [0.2, 0.25) is 0 Å². The molecule has 8 nitrogen and oxygen atoms in total. The normalized spacial score (nSPS) is 24.9. The lowest BCUT2D eigenvalue weighted by molar-refractivity contribution is -0.146. The molecule has 1 aliphatic heterocycles. The largest absolute Gasteiger partial charge is 0.479 e. The van der Waals surface area contributed by atoms with Crippen molar-refractivity contribution in [1.82, 2.24) is 10.2 Å². The Balaban J connectivity index is 2.37. The van der Waals surface area contributed by atoms with E-state index in [0.29, 0.717) is 6.61 Å². The minimum Gasteiger partial charge on any atom is -0.479 e. The molecule has 1 rings (SSSR count). The molecule has 0 saturated carbocycles. The second-order valence-electron chi connectivity index (χ2n) is 4.51. The molecular formula is C11H20N2O6. The fraction of sp³-hybridized carbons (Fsp3) is 0.818. The van der Waals surface area contributed by atoms with Crippen LogP contribution in [-0.4, -0.2) is 76.8 Å². The molecule has 1 fully saturated rings. The first-order valence-electron chi connectivity index (χ1n) is 6.13. The first kappa shape index (κ1) is 15.7. The lowest BCUT2D eigenvalue weighted by Crippen LogP contribution is -2.55. The predicted octanol–water partition coefficient (Wildman–Crippen LogP) is -1.39. The molecule has 8 heteroatoms. The summed E-state index contributed by atoms with van der Waals surface area (Å²) in [6.45, 7) is 2.36. The van der Waals surface area contributed by atoms with Crippen molar-refractivity contribution in [3.63, 3.8) is 0 Å². The van der Waals surface area contributed by atoms with Crippen LogP contribution in [0.5, 0.6) is 0 Å². The van der Waals surface area contributed by atoms with Crippen LogP contribution in [0, 0.1) is 0 Å². The molecule has 1 saturated heterocycles. The second kappa shape index (κ2) is 7.27. The molecule has 0 radical (unpaired) electrons. The third-order valence-electron chi connectivity index (χ3n) is 2.95. The van der Waals surface area contributed by atoms with Crippen LogP contribution in [0.3, 0.4) is 0 Å². The lowest BCUT2D eigenvalue weighted by atomic mass is 10.2. The number of aliphatic hydroxyl groups is 2. The van der Waals surface area contributed by atoms with E-state index in [1.165, 1.54) is 4.90 Å². The molecule has 110 valence electrons. The Morgan fingerprint density at radius 2 is 2.21 bits per heavy atom. The van der Waals surface area contributed by atoms with Gasteiger partial charge >= 0.3 is 12.0 Å². The van der Waals surface area contributed by atoms with E-state index in [-0.39, 0.29) is 38.2 Å². The number of carboxylic acid groups (broad SMARTS) is 1. The number of aliphatic carboxylic acids is 1. The molecule has 0 aromatic heterocycles. The van der Waals surface area contributed by atoms with Crippen LogP contribution in [-0.2, 0) is 9.53 Å². The molecule has 1 aliphatic rings. The average molecular weight is 276 g/mol. The van der Waals surface area contributed by atoms with Gasteiger partial charge in [0.25, 0.3) is 0 Å². The molecule has 3 atom stereocenters. The molecule has 0 aromatic carbocycles. The number of ether oxygens (including phenoxy) is 1. The van der Waals surface area contributed by atoms with Gasteiger partial charge in [-0.3, -0.25) is 0 Å². The van der Waals surface area contributed by atoms with Gasteiger partial charge in [0.1, 0.15) is 0 Å². The predicted molar refractivity (Wildman–Crippen MR) is 64.7 cm³/mol. The molecule has 0 spiro atoms. The van der Waals surface area contributed by atoms with Crippen molar-refractivity contribution in [2.45, 2.75) is 31.6 Å². The fourth-order valence-electron chi connectivity index (χ4n) is 1.75. The molecule has 4 N–H and O–H groups in total. The van der Waals surface area contributed by atoms with Crippen molar-refractivity contribution in [3.05, 3.63) is 0 Å². The van der Waals surface area contributed by atoms with Crippen molar-refractivity contribution in [1.29, 1.82) is 0 Å². The summed E-state index contributed by atoms with van der Waals surface area (Å²) in [5.41, 5.74) is 0. The third kappa shape index (κ3) is 4.66. The van der Waals surface area contributed by atoms with Crippen LogP contribution >= 0.6 is 0 Å². The Hall–Kier alpha value is -1.38. The number of nitrogens with one attached hydrogen (secondary N) is 1. The number of carbonyl (C=O) groups excluding carboxylic acids is 1. The minimum absolute atomic E-state index is 0.0524. The van der Waals surface area contributed by atoms with Gasteiger partial charge in [0.05, 0.1) is 31.9 Å². The maximum absolute atomic E-state index is 11.9. The summed E-state index contributed by atoms with van der Waals surface area (Å²) < 4.78 is 5.30. The van der Waals surface area contributed by atoms with Gasteiger partial charge in [-0.05, 0) is 6.92 Å². The number of aliphatic hydroxyl groups excluding tert-OH is 2. The van der Waals surface area contributed by atoms with E-state index in [0.717, 1.165) is 0 Å². The topological polar surface area (TPSA) is 119 Å². The Labute approximate surface area is 111 Å². The summed E-state index contributed by atoms with van der Waals surface area (Å²) in [4.78, 5) is 23.8. The minimum atomic E-state index is -1.48. The number of carbonyl (C=O) groups is 2. The van der Waals surface area contributed by atoms with E-state index in [1.54, 1.807) is 0 Å². The Morgan fingerprint density at radius 1 is 1.53 bits per heavy atom. The Bertz CT molecular complexity index is 324. The second-order valence-corrected chi connectivity index (χ2v) is 4.51. The molecule has 2 unspecified atom stereocenters. The lowest BCUT2D eigenvalue weighted by Gasteiger charge is -2.37.